The Hall–Kier alpha value is -2.90. The van der Waals surface area contributed by atoms with E-state index in [4.69, 9.17) is 17.3 Å². The number of nitrogen functional groups attached to an aromatic ring is 1. The first kappa shape index (κ1) is 23.3. The van der Waals surface area contributed by atoms with Gasteiger partial charge in [-0.05, 0) is 84.6 Å². The van der Waals surface area contributed by atoms with E-state index in [1.807, 2.05) is 17.1 Å². The molecule has 1 saturated heterocycles. The van der Waals surface area contributed by atoms with Crippen molar-refractivity contribution in [1.82, 2.24) is 9.27 Å². The van der Waals surface area contributed by atoms with E-state index in [0.29, 0.717) is 16.0 Å². The van der Waals surface area contributed by atoms with Crippen LogP contribution in [0.1, 0.15) is 36.8 Å². The SMILES string of the molecule is C=CC(=O)N1CCCCC1.Nc1snc2c(F)c(-c3cc(O)cc4c3C=CCC4)c(Cl)cc12. The normalized spacial score (nSPS) is 15.0. The highest BCUT2D eigenvalue weighted by atomic mass is 35.5. The molecule has 0 radical (unpaired) electrons. The second kappa shape index (κ2) is 9.93. The van der Waals surface area contributed by atoms with Gasteiger partial charge in [-0.3, -0.25) is 4.79 Å². The summed E-state index contributed by atoms with van der Waals surface area (Å²) in [6.45, 7) is 5.29. The lowest BCUT2D eigenvalue weighted by Crippen LogP contribution is -2.34. The van der Waals surface area contributed by atoms with Crippen LogP contribution >= 0.6 is 23.1 Å². The van der Waals surface area contributed by atoms with Crippen molar-refractivity contribution in [1.29, 1.82) is 0 Å². The number of hydrogen-bond acceptors (Lipinski definition) is 5. The number of phenols is 1. The Labute approximate surface area is 201 Å². The van der Waals surface area contributed by atoms with Gasteiger partial charge in [0.1, 0.15) is 16.3 Å². The molecule has 33 heavy (non-hydrogen) atoms. The number of nitrogens with zero attached hydrogens (tertiary/aromatic N) is 2. The number of allylic oxidation sites excluding steroid dienone is 1. The van der Waals surface area contributed by atoms with Crippen LogP contribution in [0.5, 0.6) is 5.75 Å². The lowest BCUT2D eigenvalue weighted by molar-refractivity contribution is -0.126. The molecule has 5 rings (SSSR count). The topological polar surface area (TPSA) is 79.5 Å². The average molecular weight is 486 g/mol. The van der Waals surface area contributed by atoms with E-state index in [2.05, 4.69) is 11.0 Å². The molecule has 2 aliphatic rings. The lowest BCUT2D eigenvalue weighted by atomic mass is 9.89. The minimum absolute atomic E-state index is 0.0831. The van der Waals surface area contributed by atoms with Crippen LogP contribution in [0.4, 0.5) is 9.39 Å². The van der Waals surface area contributed by atoms with E-state index in [-0.39, 0.29) is 27.8 Å². The number of nitrogens with two attached hydrogens (primary N) is 1. The molecule has 8 heteroatoms. The molecule has 2 aromatic carbocycles. The molecule has 3 N–H and O–H groups in total. The molecule has 1 aromatic heterocycles. The second-order valence-corrected chi connectivity index (χ2v) is 9.30. The van der Waals surface area contributed by atoms with Crippen molar-refractivity contribution in [2.24, 2.45) is 0 Å². The van der Waals surface area contributed by atoms with Crippen molar-refractivity contribution >= 4 is 51.0 Å². The highest BCUT2D eigenvalue weighted by molar-refractivity contribution is 7.11. The summed E-state index contributed by atoms with van der Waals surface area (Å²) in [6.07, 6.45) is 10.6. The number of likely N-dealkylation sites (tertiary alicyclic amines) is 1. The first-order chi connectivity index (χ1) is 15.9. The van der Waals surface area contributed by atoms with E-state index < -0.39 is 5.82 Å². The molecule has 172 valence electrons. The summed E-state index contributed by atoms with van der Waals surface area (Å²) < 4.78 is 19.1. The monoisotopic (exact) mass is 485 g/mol. The summed E-state index contributed by atoms with van der Waals surface area (Å²) in [5.74, 6) is -0.325. The number of piperidine rings is 1. The number of halogens is 2. The Balaban J connectivity index is 0.000000219. The maximum atomic E-state index is 15.0. The predicted molar refractivity (Wildman–Crippen MR) is 134 cm³/mol. The van der Waals surface area contributed by atoms with Gasteiger partial charge in [0.2, 0.25) is 5.91 Å². The van der Waals surface area contributed by atoms with Gasteiger partial charge in [0.15, 0.2) is 5.82 Å². The van der Waals surface area contributed by atoms with Gasteiger partial charge in [-0.25, -0.2) is 4.39 Å². The van der Waals surface area contributed by atoms with Gasteiger partial charge >= 0.3 is 0 Å². The molecular weight excluding hydrogens is 461 g/mol. The minimum Gasteiger partial charge on any atom is -0.508 e. The van der Waals surface area contributed by atoms with Crippen molar-refractivity contribution in [3.05, 3.63) is 58.9 Å². The molecule has 0 bridgehead atoms. The van der Waals surface area contributed by atoms with Crippen LogP contribution in [0, 0.1) is 5.82 Å². The number of anilines is 1. The van der Waals surface area contributed by atoms with Gasteiger partial charge < -0.3 is 15.7 Å². The Morgan fingerprint density at radius 3 is 2.76 bits per heavy atom. The third-order valence-corrected chi connectivity index (χ3v) is 6.91. The molecule has 2 heterocycles. The zero-order valence-electron chi connectivity index (χ0n) is 18.1. The molecule has 0 spiro atoms. The summed E-state index contributed by atoms with van der Waals surface area (Å²) in [6, 6.07) is 4.89. The average Bonchev–Trinajstić information content (AvgIpc) is 3.20. The number of phenolic OH excluding ortho intramolecular Hbond substituents is 1. The standard InChI is InChI=1S/C17H12ClFN2OS.C8H13NO/c18-13-7-12-16(21-23-17(12)20)15(19)14(13)11-6-9(22)5-8-3-1-2-4-10(8)11;1-2-8(10)9-6-4-3-5-7-9/h2,4-7,22H,1,3,20H2;2H,1,3-7H2. The van der Waals surface area contributed by atoms with Gasteiger partial charge in [-0.2, -0.15) is 4.37 Å². The van der Waals surface area contributed by atoms with E-state index >= 15 is 4.39 Å². The van der Waals surface area contributed by atoms with Crippen molar-refractivity contribution in [3.63, 3.8) is 0 Å². The molecule has 3 aromatic rings. The van der Waals surface area contributed by atoms with Crippen molar-refractivity contribution in [2.75, 3.05) is 18.8 Å². The molecule has 0 saturated carbocycles. The number of rotatable bonds is 2. The van der Waals surface area contributed by atoms with E-state index in [1.54, 1.807) is 18.2 Å². The first-order valence-electron chi connectivity index (χ1n) is 10.9. The fourth-order valence-corrected chi connectivity index (χ4v) is 5.18. The maximum absolute atomic E-state index is 15.0. The summed E-state index contributed by atoms with van der Waals surface area (Å²) in [4.78, 5) is 12.8. The van der Waals surface area contributed by atoms with Crippen molar-refractivity contribution in [3.8, 4) is 16.9 Å². The van der Waals surface area contributed by atoms with E-state index in [9.17, 15) is 9.90 Å². The smallest absolute Gasteiger partial charge is 0.245 e. The summed E-state index contributed by atoms with van der Waals surface area (Å²) in [5.41, 5.74) is 8.73. The number of carbonyl (C=O) groups is 1. The Kier molecular flexibility index (Phi) is 7.00. The van der Waals surface area contributed by atoms with Gasteiger partial charge in [0.05, 0.1) is 5.02 Å². The molecule has 1 fully saturated rings. The fraction of sp³-hybridized carbons (Fsp3) is 0.280. The predicted octanol–water partition coefficient (Wildman–Crippen LogP) is 6.19. The first-order valence-corrected chi connectivity index (χ1v) is 12.0. The number of hydrogen-bond donors (Lipinski definition) is 2. The zero-order valence-corrected chi connectivity index (χ0v) is 19.7. The quantitative estimate of drug-likeness (QED) is 0.424. The highest BCUT2D eigenvalue weighted by Crippen LogP contribution is 2.42. The molecule has 5 nitrogen and oxygen atoms in total. The van der Waals surface area contributed by atoms with Crippen LogP contribution in [-0.4, -0.2) is 33.4 Å². The third-order valence-electron chi connectivity index (χ3n) is 5.92. The molecule has 0 unspecified atom stereocenters. The molecule has 1 amide bonds. The number of benzene rings is 2. The summed E-state index contributed by atoms with van der Waals surface area (Å²) in [7, 11) is 0. The van der Waals surface area contributed by atoms with Crippen LogP contribution < -0.4 is 5.73 Å². The Bertz CT molecular complexity index is 1250. The van der Waals surface area contributed by atoms with Crippen LogP contribution in [0.3, 0.4) is 0 Å². The Morgan fingerprint density at radius 2 is 2.03 bits per heavy atom. The minimum atomic E-state index is -0.507. The molecule has 1 aliphatic heterocycles. The maximum Gasteiger partial charge on any atom is 0.245 e. The number of carbonyl (C=O) groups excluding carboxylic acids is 1. The van der Waals surface area contributed by atoms with Gasteiger partial charge in [0.25, 0.3) is 0 Å². The number of aryl methyl sites for hydroxylation is 1. The number of aromatic nitrogens is 1. The van der Waals surface area contributed by atoms with Crippen LogP contribution in [-0.2, 0) is 11.2 Å². The Morgan fingerprint density at radius 1 is 1.27 bits per heavy atom. The van der Waals surface area contributed by atoms with Crippen LogP contribution in [0.2, 0.25) is 5.02 Å². The van der Waals surface area contributed by atoms with Crippen LogP contribution in [0.15, 0.2) is 36.9 Å². The van der Waals surface area contributed by atoms with E-state index in [0.717, 1.165) is 61.4 Å². The zero-order chi connectivity index (χ0) is 23.5. The van der Waals surface area contributed by atoms with Gasteiger partial charge in [-0.15, -0.1) is 0 Å². The third kappa shape index (κ3) is 4.75. The molecular formula is C25H25ClFN3O2S. The lowest BCUT2D eigenvalue weighted by Gasteiger charge is -2.25. The van der Waals surface area contributed by atoms with Crippen LogP contribution in [0.25, 0.3) is 28.1 Å². The number of fused-ring (bicyclic) bond motifs is 2. The largest absolute Gasteiger partial charge is 0.508 e. The van der Waals surface area contributed by atoms with Gasteiger partial charge in [0, 0.05) is 24.0 Å². The summed E-state index contributed by atoms with van der Waals surface area (Å²) in [5, 5.41) is 11.2. The second-order valence-electron chi connectivity index (χ2n) is 8.09. The fourth-order valence-electron chi connectivity index (χ4n) is 4.27. The van der Waals surface area contributed by atoms with Gasteiger partial charge in [-0.1, -0.05) is 30.3 Å². The number of aromatic hydroxyl groups is 1. The molecule has 0 atom stereocenters. The van der Waals surface area contributed by atoms with E-state index in [1.165, 1.54) is 12.5 Å². The summed E-state index contributed by atoms with van der Waals surface area (Å²) >= 11 is 7.38. The molecule has 1 aliphatic carbocycles. The number of amides is 1. The van der Waals surface area contributed by atoms with Crippen molar-refractivity contribution < 1.29 is 14.3 Å². The van der Waals surface area contributed by atoms with Crippen molar-refractivity contribution in [2.45, 2.75) is 32.1 Å². The highest BCUT2D eigenvalue weighted by Gasteiger charge is 2.22.